The third kappa shape index (κ3) is 11.9. The lowest BCUT2D eigenvalue weighted by molar-refractivity contribution is 0.360. The van der Waals surface area contributed by atoms with Gasteiger partial charge in [0.15, 0.2) is 0 Å². The van der Waals surface area contributed by atoms with Crippen molar-refractivity contribution in [2.75, 3.05) is 12.4 Å². The Balaban J connectivity index is 3.57. The van der Waals surface area contributed by atoms with Crippen molar-refractivity contribution in [1.82, 2.24) is 0 Å². The van der Waals surface area contributed by atoms with Gasteiger partial charge in [-0.3, -0.25) is 4.39 Å². The van der Waals surface area contributed by atoms with E-state index in [4.69, 9.17) is 0 Å². The van der Waals surface area contributed by atoms with Gasteiger partial charge in [0, 0.05) is 0 Å². The molecule has 90 valence electrons. The highest BCUT2D eigenvalue weighted by Gasteiger charge is 2.62. The second-order valence-corrected chi connectivity index (χ2v) is 5.96. The highest BCUT2D eigenvalue weighted by atomic mass is 32.5. The molecule has 0 heterocycles. The lowest BCUT2D eigenvalue weighted by atomic mass is 10.2. The van der Waals surface area contributed by atoms with Crippen LogP contribution in [-0.4, -0.2) is 12.4 Å². The van der Waals surface area contributed by atoms with E-state index in [9.17, 15) is 23.8 Å². The minimum absolute atomic E-state index is 0.0750. The van der Waals surface area contributed by atoms with Crippen LogP contribution in [0.4, 0.5) is 23.8 Å². The van der Waals surface area contributed by atoms with Crippen LogP contribution in [0.1, 0.15) is 32.1 Å². The van der Waals surface area contributed by atoms with Crippen LogP contribution in [-0.2, 0) is 0 Å². The van der Waals surface area contributed by atoms with Gasteiger partial charge < -0.3 is 0 Å². The van der Waals surface area contributed by atoms with Crippen molar-refractivity contribution in [3.05, 3.63) is 0 Å². The second kappa shape index (κ2) is 3.83. The number of unbranched alkanes of at least 4 members (excludes halogenated alkanes) is 4. The Morgan fingerprint density at radius 1 is 0.643 bits per heavy atom. The third-order valence-corrected chi connectivity index (χ3v) is 2.72. The average molecular weight is 244 g/mol. The molecule has 0 aliphatic rings. The molecular formula is C7H14F6S. The molecule has 0 aliphatic heterocycles. The maximum absolute atomic E-state index is 11.7. The van der Waals surface area contributed by atoms with Crippen LogP contribution in [0.15, 0.2) is 0 Å². The van der Waals surface area contributed by atoms with Crippen LogP contribution >= 0.6 is 10.2 Å². The molecule has 0 fully saturated rings. The summed E-state index contributed by atoms with van der Waals surface area (Å²) < 4.78 is 70.2. The first-order chi connectivity index (χ1) is 6.04. The number of hydrogen-bond acceptors (Lipinski definition) is 0. The normalized spacial score (nSPS) is 17.6. The van der Waals surface area contributed by atoms with Crippen molar-refractivity contribution >= 4 is 10.2 Å². The van der Waals surface area contributed by atoms with Gasteiger partial charge >= 0.3 is 0 Å². The van der Waals surface area contributed by atoms with E-state index in [0.29, 0.717) is 12.8 Å². The Bertz CT molecular complexity index is 170. The topological polar surface area (TPSA) is 0 Å². The number of halogens is 6. The summed E-state index contributed by atoms with van der Waals surface area (Å²) in [6, 6.07) is 0. The van der Waals surface area contributed by atoms with Crippen LogP contribution in [0.3, 0.4) is 0 Å². The molecule has 0 amide bonds. The van der Waals surface area contributed by atoms with E-state index in [1.165, 1.54) is 0 Å². The lowest BCUT2D eigenvalue weighted by Gasteiger charge is -2.40. The summed E-state index contributed by atoms with van der Waals surface area (Å²) >= 11 is 0. The predicted molar refractivity (Wildman–Crippen MR) is 47.1 cm³/mol. The molecule has 0 N–H and O–H groups in total. The summed E-state index contributed by atoms with van der Waals surface area (Å²) in [6.07, 6.45) is 0.626. The fourth-order valence-corrected chi connectivity index (χ4v) is 1.75. The molecule has 14 heavy (non-hydrogen) atoms. The monoisotopic (exact) mass is 244 g/mol. The zero-order valence-corrected chi connectivity index (χ0v) is 8.44. The predicted octanol–water partition coefficient (Wildman–Crippen LogP) is 5.20. The van der Waals surface area contributed by atoms with Gasteiger partial charge in [0.05, 0.1) is 12.4 Å². The van der Waals surface area contributed by atoms with Crippen molar-refractivity contribution in [3.8, 4) is 0 Å². The fraction of sp³-hybridized carbons (Fsp3) is 1.00. The molecule has 0 atom stereocenters. The van der Waals surface area contributed by atoms with Crippen LogP contribution in [0, 0.1) is 0 Å². The van der Waals surface area contributed by atoms with E-state index >= 15 is 0 Å². The molecule has 0 aliphatic carbocycles. The van der Waals surface area contributed by atoms with Crippen molar-refractivity contribution in [2.24, 2.45) is 0 Å². The molecule has 7 heteroatoms. The summed E-state index contributed by atoms with van der Waals surface area (Å²) in [5.41, 5.74) is 0. The molecule has 0 spiro atoms. The molecule has 0 aromatic carbocycles. The van der Waals surface area contributed by atoms with Crippen LogP contribution in [0.5, 0.6) is 0 Å². The maximum Gasteiger partial charge on any atom is 0.285 e. The van der Waals surface area contributed by atoms with Gasteiger partial charge in [0.2, 0.25) is 0 Å². The SMILES string of the molecule is FCCCCCCCS(F)(F)(F)(F)F. The molecule has 0 bridgehead atoms. The van der Waals surface area contributed by atoms with Gasteiger partial charge in [-0.25, -0.2) is 0 Å². The molecule has 0 aromatic heterocycles. The number of rotatable bonds is 7. The highest BCUT2D eigenvalue weighted by Crippen LogP contribution is 2.97. The summed E-state index contributed by atoms with van der Waals surface area (Å²) in [5.74, 6) is -1.99. The van der Waals surface area contributed by atoms with Crippen molar-refractivity contribution in [1.29, 1.82) is 0 Å². The Labute approximate surface area is 79.4 Å². The first kappa shape index (κ1) is 13.9. The van der Waals surface area contributed by atoms with E-state index in [1.54, 1.807) is 0 Å². The second-order valence-electron chi connectivity index (χ2n) is 3.29. The van der Waals surface area contributed by atoms with Crippen molar-refractivity contribution in [2.45, 2.75) is 32.1 Å². The summed E-state index contributed by atoms with van der Waals surface area (Å²) in [4.78, 5) is 0. The molecule has 0 nitrogen and oxygen atoms in total. The van der Waals surface area contributed by atoms with Gasteiger partial charge in [-0.05, 0) is 12.8 Å². The van der Waals surface area contributed by atoms with E-state index in [1.807, 2.05) is 0 Å². The first-order valence-corrected chi connectivity index (χ1v) is 6.45. The average Bonchev–Trinajstić information content (AvgIpc) is 1.92. The van der Waals surface area contributed by atoms with E-state index in [-0.39, 0.29) is 12.8 Å². The highest BCUT2D eigenvalue weighted by molar-refractivity contribution is 8.45. The molecule has 0 unspecified atom stereocenters. The fourth-order valence-electron chi connectivity index (χ4n) is 1.000. The van der Waals surface area contributed by atoms with Crippen LogP contribution < -0.4 is 0 Å². The van der Waals surface area contributed by atoms with Gasteiger partial charge in [-0.15, -0.1) is 0 Å². The Kier molecular flexibility index (Phi) is 3.81. The third-order valence-electron chi connectivity index (χ3n) is 1.66. The number of alkyl halides is 1. The minimum Gasteiger partial charge on any atom is -0.251 e. The van der Waals surface area contributed by atoms with Gasteiger partial charge in [-0.2, -0.15) is 0 Å². The standard InChI is InChI=1S/C7H14F6S/c8-6-4-2-1-3-5-7-14(9,10,11,12)13/h1-7H2. The maximum atomic E-state index is 11.7. The van der Waals surface area contributed by atoms with Crippen molar-refractivity contribution in [3.63, 3.8) is 0 Å². The molecule has 0 saturated heterocycles. The van der Waals surface area contributed by atoms with E-state index < -0.39 is 29.1 Å². The molecule has 0 aromatic rings. The summed E-state index contributed by atoms with van der Waals surface area (Å²) in [6.45, 7) is -0.512. The molecular weight excluding hydrogens is 230 g/mol. The molecule has 0 saturated carbocycles. The molecule has 0 rings (SSSR count). The van der Waals surface area contributed by atoms with Gasteiger partial charge in [0.25, 0.3) is 10.2 Å². The summed E-state index contributed by atoms with van der Waals surface area (Å²) in [5, 5.41) is 0. The summed E-state index contributed by atoms with van der Waals surface area (Å²) in [7, 11) is -9.19. The Morgan fingerprint density at radius 3 is 1.50 bits per heavy atom. The van der Waals surface area contributed by atoms with Crippen LogP contribution in [0.2, 0.25) is 0 Å². The number of hydrogen-bond donors (Lipinski definition) is 0. The largest absolute Gasteiger partial charge is 0.285 e. The van der Waals surface area contributed by atoms with Crippen LogP contribution in [0.25, 0.3) is 0 Å². The lowest BCUT2D eigenvalue weighted by Crippen LogP contribution is -2.10. The zero-order chi connectivity index (χ0) is 11.4. The Hall–Kier alpha value is -0.0700. The van der Waals surface area contributed by atoms with E-state index in [2.05, 4.69) is 0 Å². The van der Waals surface area contributed by atoms with E-state index in [0.717, 1.165) is 0 Å². The van der Waals surface area contributed by atoms with Crippen molar-refractivity contribution < 1.29 is 23.8 Å². The minimum atomic E-state index is -9.19. The smallest absolute Gasteiger partial charge is 0.251 e. The Morgan fingerprint density at radius 2 is 1.07 bits per heavy atom. The zero-order valence-electron chi connectivity index (χ0n) is 7.63. The van der Waals surface area contributed by atoms with Gasteiger partial charge in [-0.1, -0.05) is 38.7 Å². The van der Waals surface area contributed by atoms with Gasteiger partial charge in [0.1, 0.15) is 0 Å². The quantitative estimate of drug-likeness (QED) is 0.426. The first-order valence-electron chi connectivity index (χ1n) is 4.33. The molecule has 0 radical (unpaired) electrons.